The number of H-pyrrole nitrogens is 1. The molecule has 2 amide bonds. The normalized spacial score (nSPS) is 26.2. The Balaban J connectivity index is 1.10. The highest BCUT2D eigenvalue weighted by atomic mass is 16.6. The van der Waals surface area contributed by atoms with Crippen molar-refractivity contribution in [1.29, 1.82) is 0 Å². The van der Waals surface area contributed by atoms with Crippen molar-refractivity contribution < 1.29 is 19.1 Å². The smallest absolute Gasteiger partial charge is 0.407 e. The average Bonchev–Trinajstić information content (AvgIpc) is 3.28. The second kappa shape index (κ2) is 9.25. The van der Waals surface area contributed by atoms with Crippen LogP contribution in [0.3, 0.4) is 0 Å². The first-order valence-corrected chi connectivity index (χ1v) is 12.0. The van der Waals surface area contributed by atoms with Crippen LogP contribution in [0.4, 0.5) is 10.6 Å². The SMILES string of the molecule is C[C@@H](Nc1cc([C@H]2C[C@@H](OC(=O)NC3(C)CC3)CO2)[nH]n1)C(=O)N1CC[C@@H](c2cccnc2)C1. The summed E-state index contributed by atoms with van der Waals surface area (Å²) in [5, 5.41) is 13.4. The van der Waals surface area contributed by atoms with Gasteiger partial charge < -0.3 is 25.0 Å². The van der Waals surface area contributed by atoms with Crippen molar-refractivity contribution in [2.24, 2.45) is 0 Å². The Labute approximate surface area is 198 Å². The summed E-state index contributed by atoms with van der Waals surface area (Å²) >= 11 is 0. The van der Waals surface area contributed by atoms with Crippen LogP contribution in [0.5, 0.6) is 0 Å². The minimum absolute atomic E-state index is 0.0527. The Morgan fingerprint density at radius 2 is 2.24 bits per heavy atom. The monoisotopic (exact) mass is 468 g/mol. The van der Waals surface area contributed by atoms with E-state index in [1.807, 2.05) is 37.1 Å². The predicted molar refractivity (Wildman–Crippen MR) is 124 cm³/mol. The number of nitrogens with one attached hydrogen (secondary N) is 3. The zero-order valence-electron chi connectivity index (χ0n) is 19.6. The van der Waals surface area contributed by atoms with Gasteiger partial charge in [-0.2, -0.15) is 5.10 Å². The van der Waals surface area contributed by atoms with E-state index >= 15 is 0 Å². The van der Waals surface area contributed by atoms with Crippen molar-refractivity contribution in [1.82, 2.24) is 25.4 Å². The van der Waals surface area contributed by atoms with Crippen LogP contribution in [0, 0.1) is 0 Å². The van der Waals surface area contributed by atoms with E-state index in [4.69, 9.17) is 9.47 Å². The lowest BCUT2D eigenvalue weighted by Crippen LogP contribution is -2.40. The van der Waals surface area contributed by atoms with E-state index in [2.05, 4.69) is 31.9 Å². The van der Waals surface area contributed by atoms with Gasteiger partial charge in [-0.05, 0) is 44.7 Å². The van der Waals surface area contributed by atoms with Gasteiger partial charge in [-0.25, -0.2) is 4.79 Å². The fourth-order valence-corrected chi connectivity index (χ4v) is 4.62. The topological polar surface area (TPSA) is 121 Å². The number of hydrogen-bond donors (Lipinski definition) is 3. The molecule has 34 heavy (non-hydrogen) atoms. The van der Waals surface area contributed by atoms with Crippen LogP contribution in [0.2, 0.25) is 0 Å². The first kappa shape index (κ1) is 22.6. The van der Waals surface area contributed by atoms with Crippen LogP contribution >= 0.6 is 0 Å². The summed E-state index contributed by atoms with van der Waals surface area (Å²) in [6, 6.07) is 5.45. The molecule has 0 bridgehead atoms. The highest BCUT2D eigenvalue weighted by Gasteiger charge is 2.40. The summed E-state index contributed by atoms with van der Waals surface area (Å²) in [5.74, 6) is 0.967. The molecule has 0 radical (unpaired) electrons. The highest BCUT2D eigenvalue weighted by Crippen LogP contribution is 2.35. The molecular weight excluding hydrogens is 436 g/mol. The third-order valence-electron chi connectivity index (χ3n) is 6.97. The van der Waals surface area contributed by atoms with Crippen molar-refractivity contribution in [3.05, 3.63) is 41.9 Å². The standard InChI is InChI=1S/C24H32N6O4/c1-15(22(31)30-9-5-17(13-30)16-4-3-8-25-12-16)26-21-11-19(28-29-21)20-10-18(14-33-20)34-23(32)27-24(2)6-7-24/h3-4,8,11-12,15,17-18,20H,5-7,9-10,13-14H2,1-2H3,(H,27,32)(H2,26,28,29)/t15-,17-,18-,20-/m1/s1. The number of nitrogens with zero attached hydrogens (tertiary/aromatic N) is 3. The molecule has 1 saturated carbocycles. The molecule has 0 unspecified atom stereocenters. The molecule has 182 valence electrons. The molecule has 3 fully saturated rings. The molecule has 2 aromatic rings. The summed E-state index contributed by atoms with van der Waals surface area (Å²) in [5.41, 5.74) is 1.86. The zero-order valence-corrected chi connectivity index (χ0v) is 19.6. The van der Waals surface area contributed by atoms with Crippen LogP contribution in [0.15, 0.2) is 30.6 Å². The first-order chi connectivity index (χ1) is 16.4. The second-order valence-corrected chi connectivity index (χ2v) is 9.90. The lowest BCUT2D eigenvalue weighted by atomic mass is 10.0. The third kappa shape index (κ3) is 5.16. The second-order valence-electron chi connectivity index (χ2n) is 9.90. The van der Waals surface area contributed by atoms with Crippen LogP contribution in [-0.2, 0) is 14.3 Å². The molecule has 5 rings (SSSR count). The van der Waals surface area contributed by atoms with Gasteiger partial charge in [0.25, 0.3) is 0 Å². The summed E-state index contributed by atoms with van der Waals surface area (Å²) in [6.07, 6.45) is 6.20. The quantitative estimate of drug-likeness (QED) is 0.571. The van der Waals surface area contributed by atoms with E-state index in [-0.39, 0.29) is 29.7 Å². The molecule has 2 aromatic heterocycles. The Bertz CT molecular complexity index is 1020. The van der Waals surface area contributed by atoms with E-state index in [1.54, 1.807) is 6.20 Å². The molecule has 4 atom stereocenters. The van der Waals surface area contributed by atoms with Gasteiger partial charge >= 0.3 is 6.09 Å². The number of alkyl carbamates (subject to hydrolysis) is 1. The maximum Gasteiger partial charge on any atom is 0.407 e. The van der Waals surface area contributed by atoms with Crippen LogP contribution in [0.1, 0.15) is 62.8 Å². The molecular formula is C24H32N6O4. The molecule has 0 aromatic carbocycles. The van der Waals surface area contributed by atoms with Gasteiger partial charge in [0, 0.05) is 49.4 Å². The number of amides is 2. The number of pyridine rings is 1. The van der Waals surface area contributed by atoms with Gasteiger partial charge in [0.1, 0.15) is 24.1 Å². The van der Waals surface area contributed by atoms with Crippen LogP contribution in [0.25, 0.3) is 0 Å². The van der Waals surface area contributed by atoms with E-state index < -0.39 is 6.04 Å². The molecule has 0 spiro atoms. The molecule has 3 N–H and O–H groups in total. The molecule has 3 aliphatic rings. The fourth-order valence-electron chi connectivity index (χ4n) is 4.62. The Hall–Kier alpha value is -3.14. The van der Waals surface area contributed by atoms with Gasteiger partial charge in [-0.15, -0.1) is 0 Å². The van der Waals surface area contributed by atoms with Gasteiger partial charge in [-0.3, -0.25) is 14.9 Å². The van der Waals surface area contributed by atoms with Crippen molar-refractivity contribution in [2.75, 3.05) is 25.0 Å². The van der Waals surface area contributed by atoms with Crippen molar-refractivity contribution in [2.45, 2.75) is 69.2 Å². The van der Waals surface area contributed by atoms with Crippen molar-refractivity contribution in [3.63, 3.8) is 0 Å². The third-order valence-corrected chi connectivity index (χ3v) is 6.97. The largest absolute Gasteiger partial charge is 0.444 e. The summed E-state index contributed by atoms with van der Waals surface area (Å²) in [4.78, 5) is 31.1. The highest BCUT2D eigenvalue weighted by molar-refractivity contribution is 5.84. The van der Waals surface area contributed by atoms with Crippen molar-refractivity contribution in [3.8, 4) is 0 Å². The predicted octanol–water partition coefficient (Wildman–Crippen LogP) is 2.73. The van der Waals surface area contributed by atoms with Gasteiger partial charge in [0.15, 0.2) is 0 Å². The van der Waals surface area contributed by atoms with E-state index in [0.717, 1.165) is 31.5 Å². The number of ether oxygens (including phenoxy) is 2. The Morgan fingerprint density at radius 3 is 3.00 bits per heavy atom. The van der Waals surface area contributed by atoms with Gasteiger partial charge in [0.05, 0.1) is 12.3 Å². The van der Waals surface area contributed by atoms with E-state index in [1.165, 1.54) is 5.56 Å². The van der Waals surface area contributed by atoms with Gasteiger partial charge in [0.2, 0.25) is 5.91 Å². The number of likely N-dealkylation sites (tertiary alicyclic amines) is 1. The van der Waals surface area contributed by atoms with Gasteiger partial charge in [-0.1, -0.05) is 6.07 Å². The molecule has 2 aliphatic heterocycles. The maximum atomic E-state index is 13.0. The maximum absolute atomic E-state index is 13.0. The summed E-state index contributed by atoms with van der Waals surface area (Å²) in [7, 11) is 0. The molecule has 10 nitrogen and oxygen atoms in total. The Kier molecular flexibility index (Phi) is 6.16. The average molecular weight is 469 g/mol. The van der Waals surface area contributed by atoms with E-state index in [0.29, 0.717) is 31.3 Å². The number of aromatic nitrogens is 3. The molecule has 10 heteroatoms. The molecule has 4 heterocycles. The number of carbonyl (C=O) groups excluding carboxylic acids is 2. The summed E-state index contributed by atoms with van der Waals surface area (Å²) < 4.78 is 11.3. The number of rotatable bonds is 7. The number of carbonyl (C=O) groups is 2. The van der Waals surface area contributed by atoms with Crippen LogP contribution in [-0.4, -0.2) is 69.5 Å². The Morgan fingerprint density at radius 1 is 1.38 bits per heavy atom. The van der Waals surface area contributed by atoms with E-state index in [9.17, 15) is 9.59 Å². The lowest BCUT2D eigenvalue weighted by molar-refractivity contribution is -0.130. The number of anilines is 1. The minimum Gasteiger partial charge on any atom is -0.444 e. The minimum atomic E-state index is -0.406. The lowest BCUT2D eigenvalue weighted by Gasteiger charge is -2.21. The zero-order chi connectivity index (χ0) is 23.7. The first-order valence-electron chi connectivity index (χ1n) is 12.0. The molecule has 2 saturated heterocycles. The summed E-state index contributed by atoms with van der Waals surface area (Å²) in [6.45, 7) is 5.64. The number of hydrogen-bond acceptors (Lipinski definition) is 7. The number of aromatic amines is 1. The fraction of sp³-hybridized carbons (Fsp3) is 0.583. The molecule has 1 aliphatic carbocycles. The van der Waals surface area contributed by atoms with Crippen molar-refractivity contribution >= 4 is 17.8 Å². The van der Waals surface area contributed by atoms with Crippen LogP contribution < -0.4 is 10.6 Å².